The number of carbonyl (C=O) groups is 1. The van der Waals surface area contributed by atoms with Crippen molar-refractivity contribution in [2.75, 3.05) is 13.1 Å². The predicted molar refractivity (Wildman–Crippen MR) is 115 cm³/mol. The average Bonchev–Trinajstić information content (AvgIpc) is 2.68. The molecule has 2 aromatic rings. The zero-order valence-electron chi connectivity index (χ0n) is 17.0. The van der Waals surface area contributed by atoms with Crippen molar-refractivity contribution in [3.63, 3.8) is 0 Å². The first-order valence-corrected chi connectivity index (χ1v) is 11.6. The van der Waals surface area contributed by atoms with Crippen LogP contribution in [0.15, 0.2) is 47.4 Å². The van der Waals surface area contributed by atoms with Crippen molar-refractivity contribution in [1.29, 1.82) is 0 Å². The molecule has 1 saturated heterocycles. The van der Waals surface area contributed by atoms with Crippen LogP contribution in [0, 0.1) is 19.8 Å². The maximum atomic E-state index is 13.0. The Bertz CT molecular complexity index is 999. The molecule has 1 amide bonds. The lowest BCUT2D eigenvalue weighted by molar-refractivity contribution is -0.126. The Balaban J connectivity index is 1.62. The molecule has 29 heavy (non-hydrogen) atoms. The maximum absolute atomic E-state index is 13.0. The van der Waals surface area contributed by atoms with E-state index in [2.05, 4.69) is 5.32 Å². The Labute approximate surface area is 178 Å². The average molecular weight is 435 g/mol. The zero-order chi connectivity index (χ0) is 21.2. The molecule has 2 aromatic carbocycles. The molecule has 0 radical (unpaired) electrons. The van der Waals surface area contributed by atoms with Crippen LogP contribution in [0.4, 0.5) is 0 Å². The Kier molecular flexibility index (Phi) is 6.66. The van der Waals surface area contributed by atoms with E-state index < -0.39 is 10.0 Å². The lowest BCUT2D eigenvalue weighted by atomic mass is 9.96. The number of rotatable bonds is 5. The molecule has 3 rings (SSSR count). The molecule has 1 heterocycles. The van der Waals surface area contributed by atoms with Gasteiger partial charge in [0.25, 0.3) is 0 Å². The van der Waals surface area contributed by atoms with Crippen LogP contribution < -0.4 is 5.32 Å². The summed E-state index contributed by atoms with van der Waals surface area (Å²) in [4.78, 5) is 13.0. The second-order valence-corrected chi connectivity index (χ2v) is 10.0. The number of carbonyl (C=O) groups excluding carboxylic acids is 1. The van der Waals surface area contributed by atoms with Gasteiger partial charge in [-0.1, -0.05) is 47.5 Å². The molecular weight excluding hydrogens is 408 g/mol. The largest absolute Gasteiger partial charge is 0.349 e. The Morgan fingerprint density at radius 1 is 1.14 bits per heavy atom. The topological polar surface area (TPSA) is 66.5 Å². The van der Waals surface area contributed by atoms with Crippen molar-refractivity contribution < 1.29 is 13.2 Å². The number of amides is 1. The second kappa shape index (κ2) is 8.86. The smallest absolute Gasteiger partial charge is 0.243 e. The molecule has 1 unspecified atom stereocenters. The van der Waals surface area contributed by atoms with E-state index in [1.807, 2.05) is 51.1 Å². The molecule has 0 aliphatic carbocycles. The van der Waals surface area contributed by atoms with Crippen LogP contribution >= 0.6 is 11.6 Å². The summed E-state index contributed by atoms with van der Waals surface area (Å²) in [6, 6.07) is 12.6. The third kappa shape index (κ3) is 4.82. The van der Waals surface area contributed by atoms with Crippen molar-refractivity contribution in [1.82, 2.24) is 9.62 Å². The van der Waals surface area contributed by atoms with E-state index in [1.165, 1.54) is 4.31 Å². The molecule has 0 saturated carbocycles. The number of halogens is 1. The van der Waals surface area contributed by atoms with Crippen molar-refractivity contribution >= 4 is 27.5 Å². The highest BCUT2D eigenvalue weighted by molar-refractivity contribution is 7.89. The fraction of sp³-hybridized carbons (Fsp3) is 0.409. The lowest BCUT2D eigenvalue weighted by Crippen LogP contribution is -2.43. The summed E-state index contributed by atoms with van der Waals surface area (Å²) in [6.07, 6.45) is 1.01. The number of benzene rings is 2. The summed E-state index contributed by atoms with van der Waals surface area (Å²) in [5.74, 6) is -0.258. The van der Waals surface area contributed by atoms with Gasteiger partial charge in [-0.05, 0) is 56.9 Å². The van der Waals surface area contributed by atoms with E-state index in [4.69, 9.17) is 11.6 Å². The van der Waals surface area contributed by atoms with Gasteiger partial charge in [0, 0.05) is 24.0 Å². The highest BCUT2D eigenvalue weighted by Crippen LogP contribution is 2.27. The van der Waals surface area contributed by atoms with Crippen LogP contribution in [0.3, 0.4) is 0 Å². The summed E-state index contributed by atoms with van der Waals surface area (Å²) in [7, 11) is -3.55. The minimum atomic E-state index is -3.55. The van der Waals surface area contributed by atoms with Crippen LogP contribution in [0.1, 0.15) is 42.5 Å². The van der Waals surface area contributed by atoms with Gasteiger partial charge < -0.3 is 5.32 Å². The number of nitrogens with zero attached hydrogens (tertiary/aromatic N) is 1. The fourth-order valence-corrected chi connectivity index (χ4v) is 5.80. The molecule has 1 N–H and O–H groups in total. The first kappa shape index (κ1) is 21.8. The van der Waals surface area contributed by atoms with E-state index in [0.29, 0.717) is 35.8 Å². The number of nitrogens with one attached hydrogen (secondary N) is 1. The number of hydrogen-bond acceptors (Lipinski definition) is 3. The monoisotopic (exact) mass is 434 g/mol. The van der Waals surface area contributed by atoms with Gasteiger partial charge in [-0.3, -0.25) is 4.79 Å². The lowest BCUT2D eigenvalue weighted by Gasteiger charge is -2.31. The Morgan fingerprint density at radius 3 is 2.41 bits per heavy atom. The third-order valence-electron chi connectivity index (χ3n) is 5.50. The van der Waals surface area contributed by atoms with Crippen LogP contribution in [-0.4, -0.2) is 31.7 Å². The van der Waals surface area contributed by atoms with Crippen molar-refractivity contribution in [2.24, 2.45) is 5.92 Å². The van der Waals surface area contributed by atoms with Crippen molar-refractivity contribution in [3.8, 4) is 0 Å². The quantitative estimate of drug-likeness (QED) is 0.765. The molecule has 7 heteroatoms. The van der Waals surface area contributed by atoms with Crippen molar-refractivity contribution in [3.05, 3.63) is 64.2 Å². The molecule has 5 nitrogen and oxygen atoms in total. The predicted octanol–water partition coefficient (Wildman–Crippen LogP) is 4.23. The number of sulfonamides is 1. The van der Waals surface area contributed by atoms with E-state index in [1.54, 1.807) is 12.1 Å². The van der Waals surface area contributed by atoms with Gasteiger partial charge in [-0.15, -0.1) is 0 Å². The van der Waals surface area contributed by atoms with Crippen LogP contribution in [0.2, 0.25) is 5.02 Å². The standard InChI is InChI=1S/C22H27ClN2O3S/c1-15-8-9-21(16(2)14-15)29(27,28)25-12-10-18(11-13-25)22(26)24-17(3)19-6-4-5-7-20(19)23/h4-9,14,17-18H,10-13H2,1-3H3,(H,24,26). The van der Waals surface area contributed by atoms with Gasteiger partial charge in [0.2, 0.25) is 15.9 Å². The normalized spacial score (nSPS) is 17.1. The molecule has 156 valence electrons. The number of hydrogen-bond donors (Lipinski definition) is 1. The molecule has 1 fully saturated rings. The van der Waals surface area contributed by atoms with Crippen LogP contribution in [-0.2, 0) is 14.8 Å². The molecule has 1 aliphatic heterocycles. The molecule has 1 atom stereocenters. The van der Waals surface area contributed by atoms with E-state index >= 15 is 0 Å². The molecule has 0 aromatic heterocycles. The fourth-order valence-electron chi connectivity index (χ4n) is 3.82. The zero-order valence-corrected chi connectivity index (χ0v) is 18.6. The van der Waals surface area contributed by atoms with Gasteiger partial charge in [0.15, 0.2) is 0 Å². The van der Waals surface area contributed by atoms with Gasteiger partial charge in [0.05, 0.1) is 10.9 Å². The summed E-state index contributed by atoms with van der Waals surface area (Å²) in [6.45, 7) is 6.34. The highest BCUT2D eigenvalue weighted by Gasteiger charge is 2.33. The van der Waals surface area contributed by atoms with Gasteiger partial charge in [-0.2, -0.15) is 4.31 Å². The van der Waals surface area contributed by atoms with E-state index in [9.17, 15) is 13.2 Å². The molecule has 0 bridgehead atoms. The van der Waals surface area contributed by atoms with E-state index in [0.717, 1.165) is 16.7 Å². The van der Waals surface area contributed by atoms with Gasteiger partial charge >= 0.3 is 0 Å². The minimum absolute atomic E-state index is 0.0546. The van der Waals surface area contributed by atoms with Gasteiger partial charge in [-0.25, -0.2) is 8.42 Å². The molecule has 1 aliphatic rings. The minimum Gasteiger partial charge on any atom is -0.349 e. The Morgan fingerprint density at radius 2 is 1.79 bits per heavy atom. The first-order chi connectivity index (χ1) is 13.7. The number of aryl methyl sites for hydroxylation is 2. The summed E-state index contributed by atoms with van der Waals surface area (Å²) in [5.41, 5.74) is 2.65. The second-order valence-electron chi connectivity index (χ2n) is 7.70. The Hall–Kier alpha value is -1.89. The SMILES string of the molecule is Cc1ccc(S(=O)(=O)N2CCC(C(=O)NC(C)c3ccccc3Cl)CC2)c(C)c1. The van der Waals surface area contributed by atoms with Crippen LogP contribution in [0.25, 0.3) is 0 Å². The summed E-state index contributed by atoms with van der Waals surface area (Å²) < 4.78 is 27.5. The third-order valence-corrected chi connectivity index (χ3v) is 7.91. The number of piperidine rings is 1. The highest BCUT2D eigenvalue weighted by atomic mass is 35.5. The van der Waals surface area contributed by atoms with Crippen LogP contribution in [0.5, 0.6) is 0 Å². The maximum Gasteiger partial charge on any atom is 0.243 e. The molecule has 0 spiro atoms. The summed E-state index contributed by atoms with van der Waals surface area (Å²) >= 11 is 6.21. The molecular formula is C22H27ClN2O3S. The van der Waals surface area contributed by atoms with E-state index in [-0.39, 0.29) is 17.9 Å². The first-order valence-electron chi connectivity index (χ1n) is 9.82. The summed E-state index contributed by atoms with van der Waals surface area (Å²) in [5, 5.41) is 3.64. The van der Waals surface area contributed by atoms with Gasteiger partial charge in [0.1, 0.15) is 0 Å². The van der Waals surface area contributed by atoms with Crippen molar-refractivity contribution in [2.45, 2.75) is 44.6 Å².